The number of benzene rings is 2. The number of halogens is 1. The zero-order chi connectivity index (χ0) is 16.7. The van der Waals surface area contributed by atoms with E-state index in [-0.39, 0.29) is 5.82 Å². The Morgan fingerprint density at radius 3 is 2.22 bits per heavy atom. The molecule has 3 nitrogen and oxygen atoms in total. The van der Waals surface area contributed by atoms with E-state index in [9.17, 15) is 9.50 Å². The van der Waals surface area contributed by atoms with E-state index in [4.69, 9.17) is 0 Å². The summed E-state index contributed by atoms with van der Waals surface area (Å²) in [6.07, 6.45) is 0.545. The molecule has 124 valence electrons. The quantitative estimate of drug-likeness (QED) is 0.786. The SMILES string of the molecule is CNCCN(C)CCC(O)(c1ccccc1)c1ccc(F)cc1. The molecule has 23 heavy (non-hydrogen) atoms. The van der Waals surface area contributed by atoms with Crippen LogP contribution in [0.15, 0.2) is 54.6 Å². The van der Waals surface area contributed by atoms with Crippen molar-refractivity contribution in [3.05, 3.63) is 71.5 Å². The highest BCUT2D eigenvalue weighted by Crippen LogP contribution is 2.33. The van der Waals surface area contributed by atoms with Crippen molar-refractivity contribution in [2.24, 2.45) is 0 Å². The van der Waals surface area contributed by atoms with Crippen LogP contribution in [0, 0.1) is 5.82 Å². The lowest BCUT2D eigenvalue weighted by Gasteiger charge is -2.31. The van der Waals surface area contributed by atoms with E-state index < -0.39 is 5.60 Å². The minimum absolute atomic E-state index is 0.296. The van der Waals surface area contributed by atoms with Crippen LogP contribution in [0.2, 0.25) is 0 Å². The minimum atomic E-state index is -1.12. The van der Waals surface area contributed by atoms with Crippen LogP contribution in [-0.2, 0) is 5.60 Å². The first-order valence-electron chi connectivity index (χ1n) is 7.93. The third-order valence-corrected chi connectivity index (χ3v) is 4.17. The van der Waals surface area contributed by atoms with E-state index in [1.54, 1.807) is 12.1 Å². The molecule has 0 aliphatic rings. The van der Waals surface area contributed by atoms with Gasteiger partial charge in [-0.2, -0.15) is 0 Å². The van der Waals surface area contributed by atoms with Gasteiger partial charge in [0.05, 0.1) is 0 Å². The van der Waals surface area contributed by atoms with E-state index in [1.807, 2.05) is 44.4 Å². The van der Waals surface area contributed by atoms with Gasteiger partial charge in [-0.05, 0) is 43.8 Å². The van der Waals surface area contributed by atoms with E-state index >= 15 is 0 Å². The Hall–Kier alpha value is -1.75. The third kappa shape index (κ3) is 4.61. The van der Waals surface area contributed by atoms with Gasteiger partial charge in [0.15, 0.2) is 0 Å². The average molecular weight is 316 g/mol. The zero-order valence-electron chi connectivity index (χ0n) is 13.8. The first kappa shape index (κ1) is 17.6. The summed E-state index contributed by atoms with van der Waals surface area (Å²) in [4.78, 5) is 2.17. The summed E-state index contributed by atoms with van der Waals surface area (Å²) >= 11 is 0. The van der Waals surface area contributed by atoms with Gasteiger partial charge in [-0.3, -0.25) is 0 Å². The van der Waals surface area contributed by atoms with E-state index in [0.717, 1.165) is 25.2 Å². The molecular formula is C19H25FN2O. The molecule has 0 aliphatic heterocycles. The molecule has 0 heterocycles. The molecule has 0 radical (unpaired) electrons. The van der Waals surface area contributed by atoms with Crippen molar-refractivity contribution in [1.82, 2.24) is 10.2 Å². The Morgan fingerprint density at radius 1 is 1.00 bits per heavy atom. The molecule has 0 saturated carbocycles. The lowest BCUT2D eigenvalue weighted by Crippen LogP contribution is -2.35. The van der Waals surface area contributed by atoms with Gasteiger partial charge in [-0.25, -0.2) is 4.39 Å². The third-order valence-electron chi connectivity index (χ3n) is 4.17. The monoisotopic (exact) mass is 316 g/mol. The maximum atomic E-state index is 13.2. The van der Waals surface area contributed by atoms with Crippen LogP contribution in [0.5, 0.6) is 0 Å². The number of aliphatic hydroxyl groups is 1. The van der Waals surface area contributed by atoms with E-state index in [1.165, 1.54) is 12.1 Å². The van der Waals surface area contributed by atoms with Gasteiger partial charge >= 0.3 is 0 Å². The highest BCUT2D eigenvalue weighted by atomic mass is 19.1. The maximum absolute atomic E-state index is 13.2. The van der Waals surface area contributed by atoms with Gasteiger partial charge in [0.25, 0.3) is 0 Å². The van der Waals surface area contributed by atoms with Crippen LogP contribution in [0.1, 0.15) is 17.5 Å². The molecular weight excluding hydrogens is 291 g/mol. The number of nitrogens with zero attached hydrogens (tertiary/aromatic N) is 1. The van der Waals surface area contributed by atoms with Crippen molar-refractivity contribution in [1.29, 1.82) is 0 Å². The van der Waals surface area contributed by atoms with Crippen LogP contribution in [0.3, 0.4) is 0 Å². The predicted molar refractivity (Wildman–Crippen MR) is 91.9 cm³/mol. The topological polar surface area (TPSA) is 35.5 Å². The second-order valence-corrected chi connectivity index (χ2v) is 5.89. The fourth-order valence-corrected chi connectivity index (χ4v) is 2.66. The number of likely N-dealkylation sites (N-methyl/N-ethyl adjacent to an activating group) is 2. The first-order valence-corrected chi connectivity index (χ1v) is 7.93. The van der Waals surface area contributed by atoms with Crippen molar-refractivity contribution < 1.29 is 9.50 Å². The molecule has 0 bridgehead atoms. The van der Waals surface area contributed by atoms with Crippen LogP contribution < -0.4 is 5.32 Å². The van der Waals surface area contributed by atoms with E-state index in [2.05, 4.69) is 10.2 Å². The van der Waals surface area contributed by atoms with Crippen LogP contribution in [0.4, 0.5) is 4.39 Å². The van der Waals surface area contributed by atoms with Crippen molar-refractivity contribution in [2.45, 2.75) is 12.0 Å². The van der Waals surface area contributed by atoms with Crippen molar-refractivity contribution in [3.8, 4) is 0 Å². The summed E-state index contributed by atoms with van der Waals surface area (Å²) in [5.41, 5.74) is 0.420. The van der Waals surface area contributed by atoms with Gasteiger partial charge in [-0.15, -0.1) is 0 Å². The zero-order valence-corrected chi connectivity index (χ0v) is 13.8. The number of hydrogen-bond donors (Lipinski definition) is 2. The second kappa shape index (κ2) is 8.20. The molecule has 2 aromatic rings. The highest BCUT2D eigenvalue weighted by Gasteiger charge is 2.31. The largest absolute Gasteiger partial charge is 0.380 e. The van der Waals surface area contributed by atoms with Gasteiger partial charge in [0, 0.05) is 19.6 Å². The average Bonchev–Trinajstić information content (AvgIpc) is 2.59. The molecule has 0 saturated heterocycles. The summed E-state index contributed by atoms with van der Waals surface area (Å²) in [7, 11) is 3.96. The minimum Gasteiger partial charge on any atom is -0.380 e. The van der Waals surface area contributed by atoms with Crippen molar-refractivity contribution >= 4 is 0 Å². The molecule has 1 atom stereocenters. The van der Waals surface area contributed by atoms with Gasteiger partial charge in [0.2, 0.25) is 0 Å². The second-order valence-electron chi connectivity index (χ2n) is 5.89. The van der Waals surface area contributed by atoms with E-state index in [0.29, 0.717) is 12.0 Å². The fraction of sp³-hybridized carbons (Fsp3) is 0.368. The van der Waals surface area contributed by atoms with Crippen LogP contribution in [0.25, 0.3) is 0 Å². The molecule has 2 aromatic carbocycles. The molecule has 0 amide bonds. The Balaban J connectivity index is 2.23. The summed E-state index contributed by atoms with van der Waals surface area (Å²) in [6, 6.07) is 15.7. The Bertz CT molecular complexity index is 588. The van der Waals surface area contributed by atoms with Gasteiger partial charge in [-0.1, -0.05) is 42.5 Å². The maximum Gasteiger partial charge on any atom is 0.123 e. The molecule has 2 rings (SSSR count). The summed E-state index contributed by atoms with van der Waals surface area (Å²) in [5, 5.41) is 14.5. The van der Waals surface area contributed by atoms with Gasteiger partial charge < -0.3 is 15.3 Å². The summed E-state index contributed by atoms with van der Waals surface area (Å²) < 4.78 is 13.2. The number of nitrogens with one attached hydrogen (secondary N) is 1. The Labute approximate surface area is 137 Å². The molecule has 0 spiro atoms. The number of rotatable bonds is 8. The molecule has 0 fully saturated rings. The highest BCUT2D eigenvalue weighted by molar-refractivity contribution is 5.36. The molecule has 1 unspecified atom stereocenters. The fourth-order valence-electron chi connectivity index (χ4n) is 2.66. The molecule has 0 aromatic heterocycles. The van der Waals surface area contributed by atoms with Crippen LogP contribution in [-0.4, -0.2) is 43.7 Å². The first-order chi connectivity index (χ1) is 11.1. The van der Waals surface area contributed by atoms with Crippen molar-refractivity contribution in [3.63, 3.8) is 0 Å². The molecule has 0 aliphatic carbocycles. The van der Waals surface area contributed by atoms with Crippen LogP contribution >= 0.6 is 0 Å². The number of hydrogen-bond acceptors (Lipinski definition) is 3. The molecule has 4 heteroatoms. The molecule has 2 N–H and O–H groups in total. The Morgan fingerprint density at radius 2 is 1.61 bits per heavy atom. The smallest absolute Gasteiger partial charge is 0.123 e. The Kier molecular flexibility index (Phi) is 6.28. The van der Waals surface area contributed by atoms with Crippen molar-refractivity contribution in [2.75, 3.05) is 33.7 Å². The lowest BCUT2D eigenvalue weighted by molar-refractivity contribution is 0.0605. The lowest BCUT2D eigenvalue weighted by atomic mass is 9.83. The predicted octanol–water partition coefficient (Wildman–Crippen LogP) is 2.60. The summed E-state index contributed by atoms with van der Waals surface area (Å²) in [6.45, 7) is 2.55. The normalized spacial score (nSPS) is 14.0. The summed E-state index contributed by atoms with van der Waals surface area (Å²) in [5.74, 6) is -0.296. The van der Waals surface area contributed by atoms with Gasteiger partial charge in [0.1, 0.15) is 11.4 Å². The standard InChI is InChI=1S/C19H25FN2O/c1-21-13-15-22(2)14-12-19(23,16-6-4-3-5-7-16)17-8-10-18(20)11-9-17/h3-11,21,23H,12-15H2,1-2H3.